The van der Waals surface area contributed by atoms with E-state index in [9.17, 15) is 9.59 Å². The van der Waals surface area contributed by atoms with Crippen LogP contribution in [0.2, 0.25) is 0 Å². The summed E-state index contributed by atoms with van der Waals surface area (Å²) >= 11 is 3.44. The highest BCUT2D eigenvalue weighted by Gasteiger charge is 2.21. The SMILES string of the molecule is COC(=O)CN(C)C(=O)c1cc2c(s1)CCSC2. The van der Waals surface area contributed by atoms with E-state index in [1.165, 1.54) is 22.5 Å². The number of hydrogen-bond donors (Lipinski definition) is 0. The van der Waals surface area contributed by atoms with Gasteiger partial charge in [-0.2, -0.15) is 11.8 Å². The van der Waals surface area contributed by atoms with Crippen LogP contribution in [0.3, 0.4) is 0 Å². The maximum absolute atomic E-state index is 12.1. The first-order valence-electron chi connectivity index (χ1n) is 5.63. The van der Waals surface area contributed by atoms with Crippen molar-refractivity contribution in [1.82, 2.24) is 4.90 Å². The van der Waals surface area contributed by atoms with Crippen LogP contribution in [0.25, 0.3) is 0 Å². The molecule has 0 saturated heterocycles. The van der Waals surface area contributed by atoms with E-state index in [-0.39, 0.29) is 12.5 Å². The molecule has 2 rings (SSSR count). The first kappa shape index (κ1) is 13.4. The first-order valence-corrected chi connectivity index (χ1v) is 7.60. The first-order chi connectivity index (χ1) is 8.61. The molecule has 0 aromatic carbocycles. The number of amides is 1. The predicted octanol–water partition coefficient (Wildman–Crippen LogP) is 1.78. The van der Waals surface area contributed by atoms with Gasteiger partial charge < -0.3 is 9.64 Å². The number of thiophene rings is 1. The quantitative estimate of drug-likeness (QED) is 0.794. The summed E-state index contributed by atoms with van der Waals surface area (Å²) in [6.07, 6.45) is 1.04. The highest BCUT2D eigenvalue weighted by Crippen LogP contribution is 2.32. The highest BCUT2D eigenvalue weighted by molar-refractivity contribution is 7.98. The van der Waals surface area contributed by atoms with E-state index >= 15 is 0 Å². The lowest BCUT2D eigenvalue weighted by Gasteiger charge is -2.14. The number of fused-ring (bicyclic) bond motifs is 1. The Morgan fingerprint density at radius 1 is 1.50 bits per heavy atom. The van der Waals surface area contributed by atoms with Crippen LogP contribution in [-0.2, 0) is 21.7 Å². The summed E-state index contributed by atoms with van der Waals surface area (Å²) in [6.45, 7) is -0.00729. The third-order valence-corrected chi connectivity index (χ3v) is 5.01. The van der Waals surface area contributed by atoms with Crippen molar-refractivity contribution in [2.75, 3.05) is 26.5 Å². The second-order valence-corrected chi connectivity index (χ2v) is 6.34. The molecule has 0 unspecified atom stereocenters. The molecule has 98 valence electrons. The topological polar surface area (TPSA) is 46.6 Å². The lowest BCUT2D eigenvalue weighted by Crippen LogP contribution is -2.32. The van der Waals surface area contributed by atoms with Crippen LogP contribution in [0, 0.1) is 0 Å². The third-order valence-electron chi connectivity index (χ3n) is 2.78. The Kier molecular flexibility index (Phi) is 4.29. The van der Waals surface area contributed by atoms with Crippen molar-refractivity contribution in [3.05, 3.63) is 21.4 Å². The number of hydrogen-bond acceptors (Lipinski definition) is 5. The fraction of sp³-hybridized carbons (Fsp3) is 0.500. The number of likely N-dealkylation sites (N-methyl/N-ethyl adjacent to an activating group) is 1. The standard InChI is InChI=1S/C12H15NO3S2/c1-13(6-11(14)16-2)12(15)10-5-8-7-17-4-3-9(8)18-10/h5H,3-4,6-7H2,1-2H3. The Balaban J connectivity index is 2.08. The monoisotopic (exact) mass is 285 g/mol. The molecule has 2 heterocycles. The second kappa shape index (κ2) is 5.75. The molecule has 0 fully saturated rings. The van der Waals surface area contributed by atoms with Gasteiger partial charge in [-0.25, -0.2) is 0 Å². The van der Waals surface area contributed by atoms with Gasteiger partial charge in [0, 0.05) is 17.7 Å². The van der Waals surface area contributed by atoms with Gasteiger partial charge in [0.2, 0.25) is 0 Å². The summed E-state index contributed by atoms with van der Waals surface area (Å²) in [5, 5.41) is 0. The van der Waals surface area contributed by atoms with E-state index in [0.29, 0.717) is 4.88 Å². The Morgan fingerprint density at radius 3 is 2.94 bits per heavy atom. The van der Waals surface area contributed by atoms with E-state index in [0.717, 1.165) is 17.9 Å². The summed E-state index contributed by atoms with van der Waals surface area (Å²) < 4.78 is 4.56. The average molecular weight is 285 g/mol. The van der Waals surface area contributed by atoms with E-state index < -0.39 is 5.97 Å². The van der Waals surface area contributed by atoms with Crippen molar-refractivity contribution in [3.8, 4) is 0 Å². The van der Waals surface area contributed by atoms with Crippen LogP contribution in [0.15, 0.2) is 6.07 Å². The number of ether oxygens (including phenoxy) is 1. The molecule has 0 aliphatic carbocycles. The number of carbonyl (C=O) groups is 2. The fourth-order valence-electron chi connectivity index (χ4n) is 1.77. The molecule has 0 radical (unpaired) electrons. The fourth-order valence-corrected chi connectivity index (χ4v) is 4.14. The minimum Gasteiger partial charge on any atom is -0.468 e. The number of thioether (sulfide) groups is 1. The third kappa shape index (κ3) is 2.87. The van der Waals surface area contributed by atoms with E-state index in [2.05, 4.69) is 4.74 Å². The number of aryl methyl sites for hydroxylation is 1. The van der Waals surface area contributed by atoms with Gasteiger partial charge in [-0.05, 0) is 23.8 Å². The molecule has 4 nitrogen and oxygen atoms in total. The minimum absolute atomic E-state index is 0.00729. The number of esters is 1. The molecular weight excluding hydrogens is 270 g/mol. The number of rotatable bonds is 3. The van der Waals surface area contributed by atoms with Crippen LogP contribution < -0.4 is 0 Å². The zero-order valence-electron chi connectivity index (χ0n) is 10.4. The molecule has 1 aromatic heterocycles. The van der Waals surface area contributed by atoms with Gasteiger partial charge in [-0.15, -0.1) is 11.3 Å². The lowest BCUT2D eigenvalue weighted by atomic mass is 10.2. The zero-order chi connectivity index (χ0) is 13.1. The molecule has 0 atom stereocenters. The molecule has 1 aromatic rings. The van der Waals surface area contributed by atoms with Crippen LogP contribution in [-0.4, -0.2) is 43.2 Å². The lowest BCUT2D eigenvalue weighted by molar-refractivity contribution is -0.141. The molecule has 6 heteroatoms. The Morgan fingerprint density at radius 2 is 2.28 bits per heavy atom. The molecule has 0 bridgehead atoms. The van der Waals surface area contributed by atoms with E-state index in [1.54, 1.807) is 18.4 Å². The van der Waals surface area contributed by atoms with Crippen molar-refractivity contribution < 1.29 is 14.3 Å². The van der Waals surface area contributed by atoms with Crippen LogP contribution in [0.1, 0.15) is 20.1 Å². The highest BCUT2D eigenvalue weighted by atomic mass is 32.2. The maximum atomic E-state index is 12.1. The smallest absolute Gasteiger partial charge is 0.325 e. The predicted molar refractivity (Wildman–Crippen MR) is 73.2 cm³/mol. The molecule has 1 aliphatic heterocycles. The number of carbonyl (C=O) groups excluding carboxylic acids is 2. The van der Waals surface area contributed by atoms with Crippen molar-refractivity contribution in [3.63, 3.8) is 0 Å². The van der Waals surface area contributed by atoms with Crippen molar-refractivity contribution in [1.29, 1.82) is 0 Å². The summed E-state index contributed by atoms with van der Waals surface area (Å²) in [4.78, 5) is 26.7. The summed E-state index contributed by atoms with van der Waals surface area (Å²) in [7, 11) is 2.94. The van der Waals surface area contributed by atoms with Gasteiger partial charge in [-0.1, -0.05) is 0 Å². The van der Waals surface area contributed by atoms with Gasteiger partial charge in [0.1, 0.15) is 6.54 Å². The van der Waals surface area contributed by atoms with Gasteiger partial charge in [0.05, 0.1) is 12.0 Å². The zero-order valence-corrected chi connectivity index (χ0v) is 12.0. The van der Waals surface area contributed by atoms with Crippen molar-refractivity contribution >= 4 is 35.0 Å². The molecule has 0 N–H and O–H groups in total. The van der Waals surface area contributed by atoms with Crippen LogP contribution in [0.4, 0.5) is 0 Å². The van der Waals surface area contributed by atoms with Crippen molar-refractivity contribution in [2.24, 2.45) is 0 Å². The Labute approximate surface area is 114 Å². The Bertz CT molecular complexity index is 446. The average Bonchev–Trinajstić information content (AvgIpc) is 2.81. The second-order valence-electron chi connectivity index (χ2n) is 4.10. The maximum Gasteiger partial charge on any atom is 0.325 e. The van der Waals surface area contributed by atoms with Crippen LogP contribution >= 0.6 is 23.1 Å². The molecule has 0 saturated carbocycles. The van der Waals surface area contributed by atoms with Crippen molar-refractivity contribution in [2.45, 2.75) is 12.2 Å². The molecule has 1 amide bonds. The number of methoxy groups -OCH3 is 1. The summed E-state index contributed by atoms with van der Waals surface area (Å²) in [5.74, 6) is 1.60. The minimum atomic E-state index is -0.400. The van der Waals surface area contributed by atoms with Gasteiger partial charge in [-0.3, -0.25) is 9.59 Å². The summed E-state index contributed by atoms with van der Waals surface area (Å²) in [5.41, 5.74) is 1.27. The Hall–Kier alpha value is -1.01. The molecule has 0 spiro atoms. The van der Waals surface area contributed by atoms with Gasteiger partial charge >= 0.3 is 5.97 Å². The normalized spacial score (nSPS) is 13.9. The van der Waals surface area contributed by atoms with Crippen LogP contribution in [0.5, 0.6) is 0 Å². The number of nitrogens with zero attached hydrogens (tertiary/aromatic N) is 1. The summed E-state index contributed by atoms with van der Waals surface area (Å²) in [6, 6.07) is 1.96. The largest absolute Gasteiger partial charge is 0.468 e. The van der Waals surface area contributed by atoms with E-state index in [1.807, 2.05) is 17.8 Å². The molecule has 1 aliphatic rings. The molecular formula is C12H15NO3S2. The van der Waals surface area contributed by atoms with Gasteiger partial charge in [0.15, 0.2) is 0 Å². The van der Waals surface area contributed by atoms with E-state index in [4.69, 9.17) is 0 Å². The molecule has 18 heavy (non-hydrogen) atoms. The van der Waals surface area contributed by atoms with Gasteiger partial charge in [0.25, 0.3) is 5.91 Å².